The van der Waals surface area contributed by atoms with E-state index in [0.29, 0.717) is 11.7 Å². The van der Waals surface area contributed by atoms with E-state index >= 15 is 0 Å². The normalized spacial score (nSPS) is 21.1. The largest absolute Gasteiger partial charge is 0.363 e. The first-order chi connectivity index (χ1) is 8.50. The van der Waals surface area contributed by atoms with E-state index in [9.17, 15) is 10.1 Å². The van der Waals surface area contributed by atoms with Crippen molar-refractivity contribution in [2.75, 3.05) is 31.6 Å². The molecule has 1 unspecified atom stereocenters. The molecule has 1 aliphatic rings. The summed E-state index contributed by atoms with van der Waals surface area (Å²) in [5.74, 6) is 0. The SMILES string of the molecule is CC1CN(c2cccc(Cl)c2[N+](=O)[O-])CCN1C. The number of hydrogen-bond donors (Lipinski definition) is 0. The maximum absolute atomic E-state index is 11.1. The summed E-state index contributed by atoms with van der Waals surface area (Å²) in [4.78, 5) is 15.0. The molecule has 0 amide bonds. The Kier molecular flexibility index (Phi) is 3.73. The van der Waals surface area contributed by atoms with Crippen molar-refractivity contribution in [3.8, 4) is 0 Å². The maximum Gasteiger partial charge on any atom is 0.310 e. The lowest BCUT2D eigenvalue weighted by Crippen LogP contribution is -2.50. The molecule has 1 aliphatic heterocycles. The molecule has 1 aromatic carbocycles. The number of likely N-dealkylation sites (N-methyl/N-ethyl adjacent to an activating group) is 1. The molecule has 0 N–H and O–H groups in total. The van der Waals surface area contributed by atoms with Gasteiger partial charge in [0.15, 0.2) is 0 Å². The molecule has 1 saturated heterocycles. The fourth-order valence-corrected chi connectivity index (χ4v) is 2.45. The molecule has 1 fully saturated rings. The number of benzene rings is 1. The molecular weight excluding hydrogens is 254 g/mol. The van der Waals surface area contributed by atoms with Gasteiger partial charge in [0.2, 0.25) is 0 Å². The number of rotatable bonds is 2. The highest BCUT2D eigenvalue weighted by Crippen LogP contribution is 2.35. The third kappa shape index (κ3) is 2.42. The van der Waals surface area contributed by atoms with Crippen LogP contribution in [0.4, 0.5) is 11.4 Å². The van der Waals surface area contributed by atoms with Gasteiger partial charge in [0.1, 0.15) is 10.7 Å². The first-order valence-corrected chi connectivity index (χ1v) is 6.26. The summed E-state index contributed by atoms with van der Waals surface area (Å²) in [6.45, 7) is 4.56. The first kappa shape index (κ1) is 13.1. The van der Waals surface area contributed by atoms with Crippen molar-refractivity contribution in [1.29, 1.82) is 0 Å². The standard InChI is InChI=1S/C12H16ClN3O2/c1-9-8-15(7-6-14(9)2)11-5-3-4-10(13)12(11)16(17)18/h3-5,9H,6-8H2,1-2H3. The Hall–Kier alpha value is -1.33. The lowest BCUT2D eigenvalue weighted by Gasteiger charge is -2.38. The highest BCUT2D eigenvalue weighted by molar-refractivity contribution is 6.33. The van der Waals surface area contributed by atoms with Gasteiger partial charge in [0.05, 0.1) is 4.92 Å². The summed E-state index contributed by atoms with van der Waals surface area (Å²) in [7, 11) is 2.06. The van der Waals surface area contributed by atoms with Crippen molar-refractivity contribution in [3.05, 3.63) is 33.3 Å². The lowest BCUT2D eigenvalue weighted by molar-refractivity contribution is -0.384. The molecule has 0 saturated carbocycles. The summed E-state index contributed by atoms with van der Waals surface area (Å²) < 4.78 is 0. The average Bonchev–Trinajstić information content (AvgIpc) is 2.32. The van der Waals surface area contributed by atoms with Gasteiger partial charge in [-0.25, -0.2) is 0 Å². The average molecular weight is 270 g/mol. The van der Waals surface area contributed by atoms with Crippen molar-refractivity contribution in [3.63, 3.8) is 0 Å². The van der Waals surface area contributed by atoms with Crippen molar-refractivity contribution in [1.82, 2.24) is 4.90 Å². The topological polar surface area (TPSA) is 49.6 Å². The third-order valence-electron chi connectivity index (χ3n) is 3.45. The van der Waals surface area contributed by atoms with Gasteiger partial charge in [-0.1, -0.05) is 17.7 Å². The number of halogens is 1. The summed E-state index contributed by atoms with van der Waals surface area (Å²) in [6, 6.07) is 5.45. The highest BCUT2D eigenvalue weighted by Gasteiger charge is 2.27. The number of hydrogen-bond acceptors (Lipinski definition) is 4. The molecular formula is C12H16ClN3O2. The number of para-hydroxylation sites is 1. The van der Waals surface area contributed by atoms with Crippen LogP contribution in [0.5, 0.6) is 0 Å². The van der Waals surface area contributed by atoms with E-state index in [1.165, 1.54) is 0 Å². The number of anilines is 1. The van der Waals surface area contributed by atoms with Gasteiger partial charge in [0.25, 0.3) is 0 Å². The molecule has 98 valence electrons. The predicted octanol–water partition coefficient (Wildman–Crippen LogP) is 2.39. The van der Waals surface area contributed by atoms with Crippen LogP contribution in [-0.2, 0) is 0 Å². The van der Waals surface area contributed by atoms with E-state index in [0.717, 1.165) is 19.6 Å². The van der Waals surface area contributed by atoms with Gasteiger partial charge in [-0.3, -0.25) is 10.1 Å². The molecule has 1 aromatic rings. The Morgan fingerprint density at radius 1 is 1.44 bits per heavy atom. The molecule has 0 aromatic heterocycles. The van der Waals surface area contributed by atoms with Gasteiger partial charge in [0, 0.05) is 25.7 Å². The second-order valence-electron chi connectivity index (χ2n) is 4.64. The quantitative estimate of drug-likeness (QED) is 0.611. The molecule has 0 aliphatic carbocycles. The molecule has 1 atom stereocenters. The first-order valence-electron chi connectivity index (χ1n) is 5.89. The van der Waals surface area contributed by atoms with Crippen LogP contribution < -0.4 is 4.90 Å². The summed E-state index contributed by atoms with van der Waals surface area (Å²) in [5, 5.41) is 11.3. The highest BCUT2D eigenvalue weighted by atomic mass is 35.5. The minimum Gasteiger partial charge on any atom is -0.363 e. The molecule has 6 heteroatoms. The van der Waals surface area contributed by atoms with Crippen molar-refractivity contribution in [2.24, 2.45) is 0 Å². The number of nitro groups is 1. The van der Waals surface area contributed by atoms with Crippen LogP contribution in [0.2, 0.25) is 5.02 Å². The minimum absolute atomic E-state index is 0.0101. The van der Waals surface area contributed by atoms with Gasteiger partial charge in [-0.2, -0.15) is 0 Å². The van der Waals surface area contributed by atoms with Crippen molar-refractivity contribution in [2.45, 2.75) is 13.0 Å². The van der Waals surface area contributed by atoms with Gasteiger partial charge >= 0.3 is 5.69 Å². The van der Waals surface area contributed by atoms with Gasteiger partial charge < -0.3 is 9.80 Å². The molecule has 0 spiro atoms. The smallest absolute Gasteiger partial charge is 0.310 e. The van der Waals surface area contributed by atoms with E-state index in [1.54, 1.807) is 18.2 Å². The van der Waals surface area contributed by atoms with Crippen LogP contribution in [0, 0.1) is 10.1 Å². The Labute approximate surface area is 111 Å². The zero-order valence-corrected chi connectivity index (χ0v) is 11.2. The van der Waals surface area contributed by atoms with E-state index in [1.807, 2.05) is 4.90 Å². The molecule has 18 heavy (non-hydrogen) atoms. The van der Waals surface area contributed by atoms with Crippen molar-refractivity contribution < 1.29 is 4.92 Å². The second-order valence-corrected chi connectivity index (χ2v) is 5.05. The second kappa shape index (κ2) is 5.12. The Morgan fingerprint density at radius 2 is 2.17 bits per heavy atom. The zero-order valence-electron chi connectivity index (χ0n) is 10.5. The minimum atomic E-state index is -0.402. The number of piperazine rings is 1. The molecule has 2 rings (SSSR count). The molecule has 5 nitrogen and oxygen atoms in total. The predicted molar refractivity (Wildman–Crippen MR) is 72.4 cm³/mol. The van der Waals surface area contributed by atoms with Gasteiger partial charge in [-0.15, -0.1) is 0 Å². The van der Waals surface area contributed by atoms with E-state index in [-0.39, 0.29) is 10.7 Å². The Morgan fingerprint density at radius 3 is 2.78 bits per heavy atom. The lowest BCUT2D eigenvalue weighted by atomic mass is 10.1. The fourth-order valence-electron chi connectivity index (χ4n) is 2.21. The van der Waals surface area contributed by atoms with Crippen LogP contribution in [0.1, 0.15) is 6.92 Å². The Balaban J connectivity index is 2.34. The molecule has 0 bridgehead atoms. The summed E-state index contributed by atoms with van der Waals surface area (Å²) >= 11 is 5.93. The summed E-state index contributed by atoms with van der Waals surface area (Å²) in [6.07, 6.45) is 0. The van der Waals surface area contributed by atoms with E-state index < -0.39 is 4.92 Å². The van der Waals surface area contributed by atoms with Crippen LogP contribution >= 0.6 is 11.6 Å². The number of nitro benzene ring substituents is 1. The maximum atomic E-state index is 11.1. The fraction of sp³-hybridized carbons (Fsp3) is 0.500. The van der Waals surface area contributed by atoms with E-state index in [4.69, 9.17) is 11.6 Å². The zero-order chi connectivity index (χ0) is 13.3. The van der Waals surface area contributed by atoms with Crippen LogP contribution in [-0.4, -0.2) is 42.5 Å². The van der Waals surface area contributed by atoms with Gasteiger partial charge in [-0.05, 0) is 26.1 Å². The van der Waals surface area contributed by atoms with Crippen molar-refractivity contribution >= 4 is 23.0 Å². The summed E-state index contributed by atoms with van der Waals surface area (Å²) in [5.41, 5.74) is 0.628. The third-order valence-corrected chi connectivity index (χ3v) is 3.75. The number of nitrogens with zero attached hydrogens (tertiary/aromatic N) is 3. The Bertz CT molecular complexity index is 467. The molecule has 0 radical (unpaired) electrons. The van der Waals surface area contributed by atoms with Crippen LogP contribution in [0.25, 0.3) is 0 Å². The monoisotopic (exact) mass is 269 g/mol. The molecule has 1 heterocycles. The van der Waals surface area contributed by atoms with Crippen LogP contribution in [0.15, 0.2) is 18.2 Å². The van der Waals surface area contributed by atoms with Crippen LogP contribution in [0.3, 0.4) is 0 Å². The van der Waals surface area contributed by atoms with E-state index in [2.05, 4.69) is 18.9 Å².